The monoisotopic (exact) mass is 301 g/mol. The van der Waals surface area contributed by atoms with E-state index in [4.69, 9.17) is 0 Å². The summed E-state index contributed by atoms with van der Waals surface area (Å²) < 4.78 is 0. The number of fused-ring (bicyclic) bond motifs is 3. The fourth-order valence-electron chi connectivity index (χ4n) is 2.88. The van der Waals surface area contributed by atoms with Crippen molar-refractivity contribution in [1.82, 2.24) is 25.1 Å². The summed E-state index contributed by atoms with van der Waals surface area (Å²) in [5.41, 5.74) is 3.59. The molecule has 6 nitrogen and oxygen atoms in total. The number of nitrogens with zero attached hydrogens (tertiary/aromatic N) is 2. The predicted octanol–water partition coefficient (Wildman–Crippen LogP) is 2.95. The van der Waals surface area contributed by atoms with Crippen LogP contribution in [0.1, 0.15) is 0 Å². The molecule has 0 aliphatic heterocycles. The molecule has 3 N–H and O–H groups in total. The molecule has 3 heterocycles. The van der Waals surface area contributed by atoms with E-state index in [1.54, 1.807) is 0 Å². The summed E-state index contributed by atoms with van der Waals surface area (Å²) in [5.74, 6) is 0.448. The van der Waals surface area contributed by atoms with Crippen LogP contribution in [0.5, 0.6) is 0 Å². The van der Waals surface area contributed by atoms with E-state index in [1.807, 2.05) is 48.7 Å². The molecule has 0 aliphatic carbocycles. The number of pyridine rings is 1. The van der Waals surface area contributed by atoms with Gasteiger partial charge >= 0.3 is 0 Å². The van der Waals surface area contributed by atoms with E-state index in [0.717, 1.165) is 32.8 Å². The standard InChI is InChI=1S/C17H11N5O/c23-17-11(5-9-3-1-2-4-12(9)21-17)16-19-14-6-10-8-18-22-13(10)7-15(14)20-16/h1-8,18,22H,(H,21,23). The Labute approximate surface area is 129 Å². The van der Waals surface area contributed by atoms with E-state index in [0.29, 0.717) is 11.4 Å². The van der Waals surface area contributed by atoms with Crippen LogP contribution >= 0.6 is 0 Å². The lowest BCUT2D eigenvalue weighted by atomic mass is 10.1. The van der Waals surface area contributed by atoms with Crippen LogP contribution in [0.4, 0.5) is 0 Å². The van der Waals surface area contributed by atoms with Gasteiger partial charge in [-0.1, -0.05) is 18.2 Å². The van der Waals surface area contributed by atoms with Crippen LogP contribution in [0.3, 0.4) is 0 Å². The van der Waals surface area contributed by atoms with Gasteiger partial charge in [-0.25, -0.2) is 9.97 Å². The van der Waals surface area contributed by atoms with Gasteiger partial charge in [0.1, 0.15) is 0 Å². The zero-order valence-corrected chi connectivity index (χ0v) is 11.9. The minimum atomic E-state index is -0.182. The second-order valence-electron chi connectivity index (χ2n) is 5.49. The Balaban J connectivity index is 1.78. The lowest BCUT2D eigenvalue weighted by molar-refractivity contribution is 1.12. The molecule has 110 valence electrons. The summed E-state index contributed by atoms with van der Waals surface area (Å²) in [6, 6.07) is 13.4. The lowest BCUT2D eigenvalue weighted by Gasteiger charge is -1.99. The van der Waals surface area contributed by atoms with Gasteiger partial charge in [-0.2, -0.15) is 0 Å². The fourth-order valence-corrected chi connectivity index (χ4v) is 2.88. The van der Waals surface area contributed by atoms with Gasteiger partial charge in [0.25, 0.3) is 5.56 Å². The molecule has 0 spiro atoms. The summed E-state index contributed by atoms with van der Waals surface area (Å²) >= 11 is 0. The number of aromatic nitrogens is 5. The minimum Gasteiger partial charge on any atom is -0.321 e. The SMILES string of the molecule is O=c1[nH]c2ccccc2cc1-c1nc2cc3c[nH][nH]c3cc2n1. The Morgan fingerprint density at radius 1 is 0.870 bits per heavy atom. The number of aromatic amines is 3. The van der Waals surface area contributed by atoms with Crippen LogP contribution in [0.2, 0.25) is 0 Å². The molecule has 0 amide bonds. The number of hydrogen-bond donors (Lipinski definition) is 3. The molecule has 0 saturated carbocycles. The average Bonchev–Trinajstić information content (AvgIpc) is 3.17. The van der Waals surface area contributed by atoms with Crippen LogP contribution in [0.25, 0.3) is 44.2 Å². The first-order valence-corrected chi connectivity index (χ1v) is 7.24. The number of para-hydroxylation sites is 1. The van der Waals surface area contributed by atoms with Crippen LogP contribution < -0.4 is 5.56 Å². The third-order valence-corrected chi connectivity index (χ3v) is 4.03. The van der Waals surface area contributed by atoms with E-state index in [2.05, 4.69) is 25.1 Å². The maximum Gasteiger partial charge on any atom is 0.259 e. The summed E-state index contributed by atoms with van der Waals surface area (Å²) in [7, 11) is 0. The molecule has 0 radical (unpaired) electrons. The molecule has 2 aromatic carbocycles. The van der Waals surface area contributed by atoms with Crippen molar-refractivity contribution in [3.63, 3.8) is 0 Å². The van der Waals surface area contributed by atoms with Crippen molar-refractivity contribution in [1.29, 1.82) is 0 Å². The van der Waals surface area contributed by atoms with Crippen LogP contribution in [-0.4, -0.2) is 25.1 Å². The van der Waals surface area contributed by atoms with Gasteiger partial charge in [-0.05, 0) is 29.7 Å². The second kappa shape index (κ2) is 4.30. The van der Waals surface area contributed by atoms with Gasteiger partial charge in [0.05, 0.1) is 22.1 Å². The Hall–Kier alpha value is -3.41. The molecule has 5 rings (SSSR count). The van der Waals surface area contributed by atoms with Crippen LogP contribution in [-0.2, 0) is 0 Å². The number of H-pyrrole nitrogens is 3. The van der Waals surface area contributed by atoms with Crippen molar-refractivity contribution in [3.8, 4) is 11.4 Å². The summed E-state index contributed by atoms with van der Waals surface area (Å²) in [6.07, 6.45) is 1.87. The maximum atomic E-state index is 12.3. The van der Waals surface area contributed by atoms with Gasteiger partial charge in [0.15, 0.2) is 5.82 Å². The van der Waals surface area contributed by atoms with Gasteiger partial charge in [0.2, 0.25) is 0 Å². The van der Waals surface area contributed by atoms with Crippen LogP contribution in [0, 0.1) is 0 Å². The average molecular weight is 301 g/mol. The number of nitrogens with one attached hydrogen (secondary N) is 3. The van der Waals surface area contributed by atoms with Gasteiger partial charge in [-0.3, -0.25) is 4.79 Å². The summed E-state index contributed by atoms with van der Waals surface area (Å²) in [5, 5.41) is 7.96. The van der Waals surface area contributed by atoms with E-state index < -0.39 is 0 Å². The summed E-state index contributed by atoms with van der Waals surface area (Å²) in [4.78, 5) is 24.3. The first kappa shape index (κ1) is 12.2. The van der Waals surface area contributed by atoms with Crippen molar-refractivity contribution >= 4 is 32.8 Å². The van der Waals surface area contributed by atoms with E-state index in [-0.39, 0.29) is 5.56 Å². The van der Waals surface area contributed by atoms with E-state index in [1.165, 1.54) is 0 Å². The Bertz CT molecular complexity index is 1200. The quantitative estimate of drug-likeness (QED) is 0.444. The Morgan fingerprint density at radius 2 is 1.70 bits per heavy atom. The second-order valence-corrected chi connectivity index (χ2v) is 5.49. The molecule has 0 unspecified atom stereocenters. The molecule has 5 aromatic rings. The molecule has 0 aliphatic rings. The van der Waals surface area contributed by atoms with Gasteiger partial charge < -0.3 is 15.2 Å². The zero-order valence-electron chi connectivity index (χ0n) is 11.9. The van der Waals surface area contributed by atoms with Crippen molar-refractivity contribution in [2.24, 2.45) is 0 Å². The molecular weight excluding hydrogens is 290 g/mol. The Morgan fingerprint density at radius 3 is 2.61 bits per heavy atom. The molecule has 0 fully saturated rings. The molecule has 0 bridgehead atoms. The highest BCUT2D eigenvalue weighted by molar-refractivity contribution is 5.94. The molecule has 0 atom stereocenters. The molecule has 23 heavy (non-hydrogen) atoms. The first-order chi connectivity index (χ1) is 11.3. The van der Waals surface area contributed by atoms with Gasteiger partial charge in [-0.15, -0.1) is 0 Å². The lowest BCUT2D eigenvalue weighted by Crippen LogP contribution is -2.09. The number of rotatable bonds is 1. The van der Waals surface area contributed by atoms with E-state index >= 15 is 0 Å². The number of imidazole rings is 1. The van der Waals surface area contributed by atoms with Crippen molar-refractivity contribution in [2.75, 3.05) is 0 Å². The first-order valence-electron chi connectivity index (χ1n) is 7.24. The number of benzene rings is 2. The normalized spacial score (nSPS) is 11.7. The fraction of sp³-hybridized carbons (Fsp3) is 0. The van der Waals surface area contributed by atoms with Crippen LogP contribution in [0.15, 0.2) is 53.5 Å². The third kappa shape index (κ3) is 1.78. The predicted molar refractivity (Wildman–Crippen MR) is 89.3 cm³/mol. The smallest absolute Gasteiger partial charge is 0.259 e. The van der Waals surface area contributed by atoms with E-state index in [9.17, 15) is 4.79 Å². The molecule has 6 heteroatoms. The maximum absolute atomic E-state index is 12.3. The largest absolute Gasteiger partial charge is 0.321 e. The van der Waals surface area contributed by atoms with Crippen molar-refractivity contribution in [2.45, 2.75) is 0 Å². The zero-order chi connectivity index (χ0) is 15.4. The molecular formula is C17H11N5O. The molecule has 0 saturated heterocycles. The molecule has 3 aromatic heterocycles. The topological polar surface area (TPSA) is 90.2 Å². The van der Waals surface area contributed by atoms with Gasteiger partial charge in [0, 0.05) is 17.1 Å². The highest BCUT2D eigenvalue weighted by Crippen LogP contribution is 2.23. The minimum absolute atomic E-state index is 0.182. The number of hydrogen-bond acceptors (Lipinski definition) is 3. The highest BCUT2D eigenvalue weighted by atomic mass is 16.1. The van der Waals surface area contributed by atoms with Crippen molar-refractivity contribution < 1.29 is 0 Å². The van der Waals surface area contributed by atoms with Crippen molar-refractivity contribution in [3.05, 3.63) is 59.0 Å². The Kier molecular flexibility index (Phi) is 2.27. The third-order valence-electron chi connectivity index (χ3n) is 4.03. The summed E-state index contributed by atoms with van der Waals surface area (Å²) in [6.45, 7) is 0. The highest BCUT2D eigenvalue weighted by Gasteiger charge is 2.12.